The summed E-state index contributed by atoms with van der Waals surface area (Å²) in [5.41, 5.74) is 8.75. The van der Waals surface area contributed by atoms with E-state index in [2.05, 4.69) is 54.8 Å². The van der Waals surface area contributed by atoms with Gasteiger partial charge >= 0.3 is 0 Å². The van der Waals surface area contributed by atoms with Crippen molar-refractivity contribution in [2.75, 3.05) is 0 Å². The quantitative estimate of drug-likeness (QED) is 0.547. The van der Waals surface area contributed by atoms with E-state index in [1.54, 1.807) is 11.3 Å². The van der Waals surface area contributed by atoms with Gasteiger partial charge in [0.05, 0.1) is 17.7 Å². The molecule has 4 aromatic rings. The Labute approximate surface area is 137 Å². The molecule has 0 fully saturated rings. The van der Waals surface area contributed by atoms with Gasteiger partial charge in [-0.25, -0.2) is 4.98 Å². The SMILES string of the molecule is c1cn(Cc2ccc3c(c2)Cc2c(-c4ccsc4)n[nH]c2-3)cn1. The summed E-state index contributed by atoms with van der Waals surface area (Å²) in [4.78, 5) is 4.11. The van der Waals surface area contributed by atoms with E-state index in [0.717, 1.165) is 18.7 Å². The molecule has 0 saturated carbocycles. The summed E-state index contributed by atoms with van der Waals surface area (Å²) in [6.45, 7) is 0.858. The average molecular weight is 318 g/mol. The smallest absolute Gasteiger partial charge is 0.0970 e. The van der Waals surface area contributed by atoms with Crippen molar-refractivity contribution in [3.8, 4) is 22.5 Å². The lowest BCUT2D eigenvalue weighted by Crippen LogP contribution is -1.97. The molecule has 0 atom stereocenters. The van der Waals surface area contributed by atoms with Crippen LogP contribution in [0.4, 0.5) is 0 Å². The lowest BCUT2D eigenvalue weighted by Gasteiger charge is -2.06. The van der Waals surface area contributed by atoms with Crippen molar-refractivity contribution >= 4 is 11.3 Å². The predicted octanol–water partition coefficient (Wildman–Crippen LogP) is 3.95. The molecule has 0 aliphatic heterocycles. The van der Waals surface area contributed by atoms with Gasteiger partial charge < -0.3 is 4.57 Å². The summed E-state index contributed by atoms with van der Waals surface area (Å²) in [6, 6.07) is 8.84. The van der Waals surface area contributed by atoms with Crippen molar-refractivity contribution < 1.29 is 0 Å². The third kappa shape index (κ3) is 2.04. The fraction of sp³-hybridized carbons (Fsp3) is 0.111. The highest BCUT2D eigenvalue weighted by atomic mass is 32.1. The van der Waals surface area contributed by atoms with E-state index >= 15 is 0 Å². The molecule has 0 unspecified atom stereocenters. The highest BCUT2D eigenvalue weighted by Crippen LogP contribution is 2.40. The largest absolute Gasteiger partial charge is 0.333 e. The first-order chi connectivity index (χ1) is 11.4. The zero-order valence-electron chi connectivity index (χ0n) is 12.4. The van der Waals surface area contributed by atoms with Crippen molar-refractivity contribution in [1.82, 2.24) is 19.7 Å². The maximum absolute atomic E-state index is 4.53. The van der Waals surface area contributed by atoms with Crippen LogP contribution < -0.4 is 0 Å². The summed E-state index contributed by atoms with van der Waals surface area (Å²) in [5, 5.41) is 12.0. The second kappa shape index (κ2) is 4.93. The minimum absolute atomic E-state index is 0.858. The molecule has 3 aromatic heterocycles. The highest BCUT2D eigenvalue weighted by Gasteiger charge is 2.25. The zero-order chi connectivity index (χ0) is 15.2. The molecule has 1 aliphatic rings. The van der Waals surface area contributed by atoms with Crippen LogP contribution in [0.3, 0.4) is 0 Å². The number of aromatic nitrogens is 4. The van der Waals surface area contributed by atoms with Crippen molar-refractivity contribution in [3.05, 3.63) is 70.4 Å². The van der Waals surface area contributed by atoms with E-state index in [9.17, 15) is 0 Å². The number of aromatic amines is 1. The Morgan fingerprint density at radius 3 is 3.09 bits per heavy atom. The van der Waals surface area contributed by atoms with Gasteiger partial charge in [-0.05, 0) is 22.6 Å². The summed E-state index contributed by atoms with van der Waals surface area (Å²) in [7, 11) is 0. The number of hydrogen-bond donors (Lipinski definition) is 1. The first kappa shape index (κ1) is 12.8. The number of rotatable bonds is 3. The summed E-state index contributed by atoms with van der Waals surface area (Å²) in [6.07, 6.45) is 6.61. The number of nitrogens with one attached hydrogen (secondary N) is 1. The van der Waals surface area contributed by atoms with E-state index < -0.39 is 0 Å². The molecule has 4 nitrogen and oxygen atoms in total. The number of hydrogen-bond acceptors (Lipinski definition) is 3. The molecule has 1 aromatic carbocycles. The Morgan fingerprint density at radius 1 is 1.26 bits per heavy atom. The molecule has 5 heteroatoms. The molecule has 0 amide bonds. The van der Waals surface area contributed by atoms with Crippen LogP contribution in [-0.2, 0) is 13.0 Å². The number of nitrogens with zero attached hydrogens (tertiary/aromatic N) is 3. The molecule has 0 saturated heterocycles. The molecule has 0 bridgehead atoms. The minimum atomic E-state index is 0.858. The molecule has 5 rings (SSSR count). The van der Waals surface area contributed by atoms with Crippen LogP contribution in [0.15, 0.2) is 53.7 Å². The molecule has 112 valence electrons. The first-order valence-electron chi connectivity index (χ1n) is 7.56. The van der Waals surface area contributed by atoms with E-state index in [1.165, 1.54) is 33.5 Å². The van der Waals surface area contributed by atoms with Gasteiger partial charge in [-0.2, -0.15) is 16.4 Å². The topological polar surface area (TPSA) is 46.5 Å². The second-order valence-electron chi connectivity index (χ2n) is 5.84. The maximum Gasteiger partial charge on any atom is 0.0970 e. The summed E-state index contributed by atoms with van der Waals surface area (Å²) >= 11 is 1.71. The summed E-state index contributed by atoms with van der Waals surface area (Å²) < 4.78 is 2.09. The van der Waals surface area contributed by atoms with Crippen LogP contribution in [0, 0.1) is 0 Å². The Bertz CT molecular complexity index is 965. The van der Waals surface area contributed by atoms with Crippen LogP contribution >= 0.6 is 11.3 Å². The normalized spacial score (nSPS) is 12.3. The molecule has 3 heterocycles. The average Bonchev–Trinajstić information content (AvgIpc) is 3.32. The molecule has 0 spiro atoms. The Balaban J connectivity index is 1.52. The van der Waals surface area contributed by atoms with Gasteiger partial charge in [0.2, 0.25) is 0 Å². The fourth-order valence-corrected chi connectivity index (χ4v) is 3.96. The van der Waals surface area contributed by atoms with Crippen molar-refractivity contribution in [1.29, 1.82) is 0 Å². The van der Waals surface area contributed by atoms with Gasteiger partial charge in [0, 0.05) is 47.4 Å². The Hall–Kier alpha value is -2.66. The van der Waals surface area contributed by atoms with Crippen molar-refractivity contribution in [3.63, 3.8) is 0 Å². The molecule has 1 aliphatic carbocycles. The maximum atomic E-state index is 4.53. The van der Waals surface area contributed by atoms with Crippen LogP contribution in [0.5, 0.6) is 0 Å². The molecule has 0 radical (unpaired) electrons. The number of benzene rings is 1. The van der Waals surface area contributed by atoms with Gasteiger partial charge in [-0.3, -0.25) is 5.10 Å². The summed E-state index contributed by atoms with van der Waals surface area (Å²) in [5.74, 6) is 0. The predicted molar refractivity (Wildman–Crippen MR) is 91.5 cm³/mol. The highest BCUT2D eigenvalue weighted by molar-refractivity contribution is 7.08. The van der Waals surface area contributed by atoms with E-state index in [-0.39, 0.29) is 0 Å². The van der Waals surface area contributed by atoms with Crippen LogP contribution in [0.2, 0.25) is 0 Å². The first-order valence-corrected chi connectivity index (χ1v) is 8.50. The van der Waals surface area contributed by atoms with Crippen LogP contribution in [-0.4, -0.2) is 19.7 Å². The van der Waals surface area contributed by atoms with Crippen LogP contribution in [0.25, 0.3) is 22.5 Å². The van der Waals surface area contributed by atoms with Crippen molar-refractivity contribution in [2.24, 2.45) is 0 Å². The molecular weight excluding hydrogens is 304 g/mol. The molecule has 1 N–H and O–H groups in total. The minimum Gasteiger partial charge on any atom is -0.333 e. The number of fused-ring (bicyclic) bond motifs is 3. The standard InChI is InChI=1S/C18H14N4S/c1-2-15-14(7-12(1)9-22-5-4-19-11-22)8-16-17(20-21-18(15)16)13-3-6-23-10-13/h1-7,10-11H,8-9H2,(H,20,21). The number of thiophene rings is 1. The lowest BCUT2D eigenvalue weighted by molar-refractivity contribution is 0.796. The van der Waals surface area contributed by atoms with Crippen LogP contribution in [0.1, 0.15) is 16.7 Å². The number of imidazole rings is 1. The Kier molecular flexibility index (Phi) is 2.75. The van der Waals surface area contributed by atoms with Gasteiger partial charge in [0.1, 0.15) is 0 Å². The molecule has 23 heavy (non-hydrogen) atoms. The lowest BCUT2D eigenvalue weighted by atomic mass is 10.1. The van der Waals surface area contributed by atoms with Gasteiger partial charge in [-0.1, -0.05) is 18.2 Å². The van der Waals surface area contributed by atoms with Gasteiger partial charge in [0.25, 0.3) is 0 Å². The third-order valence-corrected chi connectivity index (χ3v) is 5.08. The number of H-pyrrole nitrogens is 1. The van der Waals surface area contributed by atoms with E-state index in [0.29, 0.717) is 0 Å². The van der Waals surface area contributed by atoms with Gasteiger partial charge in [-0.15, -0.1) is 0 Å². The fourth-order valence-electron chi connectivity index (χ4n) is 3.32. The third-order valence-electron chi connectivity index (χ3n) is 4.39. The Morgan fingerprint density at radius 2 is 2.26 bits per heavy atom. The monoisotopic (exact) mass is 318 g/mol. The van der Waals surface area contributed by atoms with Gasteiger partial charge in [0.15, 0.2) is 0 Å². The van der Waals surface area contributed by atoms with E-state index in [1.807, 2.05) is 18.7 Å². The van der Waals surface area contributed by atoms with E-state index in [4.69, 9.17) is 0 Å². The second-order valence-corrected chi connectivity index (χ2v) is 6.62. The molecular formula is C18H14N4S. The van der Waals surface area contributed by atoms with Crippen molar-refractivity contribution in [2.45, 2.75) is 13.0 Å². The zero-order valence-corrected chi connectivity index (χ0v) is 13.2.